The molecule has 1 aliphatic rings. The van der Waals surface area contributed by atoms with Gasteiger partial charge in [-0.2, -0.15) is 0 Å². The Bertz CT molecular complexity index is 363. The van der Waals surface area contributed by atoms with Gasteiger partial charge < -0.3 is 4.90 Å². The maximum Gasteiger partial charge on any atom is 0.324 e. The van der Waals surface area contributed by atoms with Gasteiger partial charge in [-0.1, -0.05) is 15.9 Å². The van der Waals surface area contributed by atoms with Crippen LogP contribution in [0.3, 0.4) is 0 Å². The summed E-state index contributed by atoms with van der Waals surface area (Å²) in [5, 5.41) is 0. The minimum atomic E-state index is 0.0866. The van der Waals surface area contributed by atoms with E-state index in [1.165, 1.54) is 0 Å². The average Bonchev–Trinajstić information content (AvgIpc) is 2.24. The van der Waals surface area contributed by atoms with E-state index in [0.717, 1.165) is 29.7 Å². The predicted molar refractivity (Wildman–Crippen MR) is 64.1 cm³/mol. The molecule has 3 nitrogen and oxygen atoms in total. The monoisotopic (exact) mass is 268 g/mol. The fraction of sp³-hybridized carbons (Fsp3) is 0.364. The average molecular weight is 269 g/mol. The van der Waals surface area contributed by atoms with E-state index in [4.69, 9.17) is 0 Å². The standard InChI is InChI=1S/C11H13BrN2O/c1-13-7-2-8-14(11(13)15)10-5-3-9(12)4-6-10/h3-6H,2,7-8H2,1H3. The molecule has 0 atom stereocenters. The van der Waals surface area contributed by atoms with Crippen LogP contribution in [-0.4, -0.2) is 31.1 Å². The van der Waals surface area contributed by atoms with Crippen LogP contribution in [0.4, 0.5) is 10.5 Å². The van der Waals surface area contributed by atoms with Crippen molar-refractivity contribution >= 4 is 27.6 Å². The molecule has 1 aromatic carbocycles. The maximum absolute atomic E-state index is 11.9. The van der Waals surface area contributed by atoms with Gasteiger partial charge in [0.05, 0.1) is 0 Å². The number of nitrogens with zero attached hydrogens (tertiary/aromatic N) is 2. The minimum absolute atomic E-state index is 0.0866. The van der Waals surface area contributed by atoms with Crippen molar-refractivity contribution in [1.29, 1.82) is 0 Å². The van der Waals surface area contributed by atoms with Crippen molar-refractivity contribution in [3.63, 3.8) is 0 Å². The fourth-order valence-corrected chi connectivity index (χ4v) is 1.99. The van der Waals surface area contributed by atoms with E-state index in [0.29, 0.717) is 0 Å². The molecule has 1 aromatic rings. The van der Waals surface area contributed by atoms with Crippen LogP contribution in [0.25, 0.3) is 0 Å². The Balaban J connectivity index is 2.22. The highest BCUT2D eigenvalue weighted by molar-refractivity contribution is 9.10. The number of anilines is 1. The Kier molecular flexibility index (Phi) is 2.95. The Hall–Kier alpha value is -1.03. The largest absolute Gasteiger partial charge is 0.327 e. The SMILES string of the molecule is CN1CCCN(c2ccc(Br)cc2)C1=O. The molecule has 0 spiro atoms. The summed E-state index contributed by atoms with van der Waals surface area (Å²) in [4.78, 5) is 15.4. The molecule has 1 heterocycles. The minimum Gasteiger partial charge on any atom is -0.327 e. The first-order valence-electron chi connectivity index (χ1n) is 4.96. The molecule has 0 aliphatic carbocycles. The molecule has 1 saturated heterocycles. The zero-order valence-electron chi connectivity index (χ0n) is 8.61. The number of hydrogen-bond donors (Lipinski definition) is 0. The van der Waals surface area contributed by atoms with Gasteiger partial charge in [0.25, 0.3) is 0 Å². The van der Waals surface area contributed by atoms with Gasteiger partial charge in [-0.15, -0.1) is 0 Å². The summed E-state index contributed by atoms with van der Waals surface area (Å²) in [6.45, 7) is 1.66. The maximum atomic E-state index is 11.9. The van der Waals surface area contributed by atoms with E-state index < -0.39 is 0 Å². The molecule has 1 aliphatic heterocycles. The number of rotatable bonds is 1. The number of carbonyl (C=O) groups is 1. The molecule has 80 valence electrons. The van der Waals surface area contributed by atoms with Crippen molar-refractivity contribution in [3.8, 4) is 0 Å². The van der Waals surface area contributed by atoms with Crippen molar-refractivity contribution in [3.05, 3.63) is 28.7 Å². The Morgan fingerprint density at radius 1 is 1.20 bits per heavy atom. The summed E-state index contributed by atoms with van der Waals surface area (Å²) in [6.07, 6.45) is 1.03. The van der Waals surface area contributed by atoms with Crippen LogP contribution in [-0.2, 0) is 0 Å². The molecule has 0 radical (unpaired) electrons. The van der Waals surface area contributed by atoms with Crippen molar-refractivity contribution in [2.45, 2.75) is 6.42 Å². The van der Waals surface area contributed by atoms with E-state index in [1.807, 2.05) is 36.2 Å². The highest BCUT2D eigenvalue weighted by Gasteiger charge is 2.23. The van der Waals surface area contributed by atoms with Gasteiger partial charge in [0, 0.05) is 30.3 Å². The first kappa shape index (κ1) is 10.5. The number of benzene rings is 1. The van der Waals surface area contributed by atoms with Crippen molar-refractivity contribution in [2.24, 2.45) is 0 Å². The Morgan fingerprint density at radius 3 is 2.53 bits per heavy atom. The second-order valence-corrected chi connectivity index (χ2v) is 4.60. The lowest BCUT2D eigenvalue weighted by atomic mass is 10.2. The summed E-state index contributed by atoms with van der Waals surface area (Å²) in [5.74, 6) is 0. The number of amides is 2. The molecule has 2 amide bonds. The Labute approximate surface area is 97.8 Å². The van der Waals surface area contributed by atoms with Gasteiger partial charge in [0.1, 0.15) is 0 Å². The number of carbonyl (C=O) groups excluding carboxylic acids is 1. The molecule has 2 rings (SSSR count). The normalized spacial score (nSPS) is 17.1. The lowest BCUT2D eigenvalue weighted by Gasteiger charge is -2.33. The fourth-order valence-electron chi connectivity index (χ4n) is 1.72. The highest BCUT2D eigenvalue weighted by atomic mass is 79.9. The third-order valence-electron chi connectivity index (χ3n) is 2.57. The van der Waals surface area contributed by atoms with Crippen molar-refractivity contribution in [2.75, 3.05) is 25.0 Å². The van der Waals surface area contributed by atoms with Crippen LogP contribution in [0.1, 0.15) is 6.42 Å². The molecule has 0 saturated carbocycles. The molecule has 0 bridgehead atoms. The van der Waals surface area contributed by atoms with Gasteiger partial charge in [0.2, 0.25) is 0 Å². The van der Waals surface area contributed by atoms with Crippen LogP contribution >= 0.6 is 15.9 Å². The summed E-state index contributed by atoms with van der Waals surface area (Å²) < 4.78 is 1.03. The summed E-state index contributed by atoms with van der Waals surface area (Å²) in [7, 11) is 1.84. The van der Waals surface area contributed by atoms with Crippen LogP contribution in [0, 0.1) is 0 Å². The third kappa shape index (κ3) is 2.15. The van der Waals surface area contributed by atoms with E-state index in [2.05, 4.69) is 15.9 Å². The molecule has 0 aromatic heterocycles. The first-order valence-corrected chi connectivity index (χ1v) is 5.76. The lowest BCUT2D eigenvalue weighted by Crippen LogP contribution is -2.47. The quantitative estimate of drug-likeness (QED) is 0.769. The Morgan fingerprint density at radius 2 is 1.87 bits per heavy atom. The van der Waals surface area contributed by atoms with E-state index >= 15 is 0 Å². The molecular weight excluding hydrogens is 256 g/mol. The van der Waals surface area contributed by atoms with Gasteiger partial charge in [-0.3, -0.25) is 4.90 Å². The van der Waals surface area contributed by atoms with E-state index in [9.17, 15) is 4.79 Å². The van der Waals surface area contributed by atoms with Crippen molar-refractivity contribution in [1.82, 2.24) is 4.90 Å². The van der Waals surface area contributed by atoms with Crippen LogP contribution < -0.4 is 4.90 Å². The zero-order valence-corrected chi connectivity index (χ0v) is 10.2. The molecule has 1 fully saturated rings. The smallest absolute Gasteiger partial charge is 0.324 e. The zero-order chi connectivity index (χ0) is 10.8. The van der Waals surface area contributed by atoms with Crippen molar-refractivity contribution < 1.29 is 4.79 Å². The van der Waals surface area contributed by atoms with Crippen LogP contribution in [0.5, 0.6) is 0 Å². The van der Waals surface area contributed by atoms with Gasteiger partial charge in [-0.05, 0) is 30.7 Å². The lowest BCUT2D eigenvalue weighted by molar-refractivity contribution is 0.207. The number of urea groups is 1. The molecular formula is C11H13BrN2O. The summed E-state index contributed by atoms with van der Waals surface area (Å²) in [5.41, 5.74) is 0.967. The van der Waals surface area contributed by atoms with Crippen LogP contribution in [0.15, 0.2) is 28.7 Å². The van der Waals surface area contributed by atoms with Gasteiger partial charge in [0.15, 0.2) is 0 Å². The van der Waals surface area contributed by atoms with E-state index in [-0.39, 0.29) is 6.03 Å². The molecule has 0 unspecified atom stereocenters. The molecule has 0 N–H and O–H groups in total. The van der Waals surface area contributed by atoms with Gasteiger partial charge >= 0.3 is 6.03 Å². The summed E-state index contributed by atoms with van der Waals surface area (Å²) in [6, 6.07) is 7.92. The van der Waals surface area contributed by atoms with Crippen LogP contribution in [0.2, 0.25) is 0 Å². The second kappa shape index (κ2) is 4.23. The molecule has 15 heavy (non-hydrogen) atoms. The second-order valence-electron chi connectivity index (χ2n) is 3.69. The highest BCUT2D eigenvalue weighted by Crippen LogP contribution is 2.21. The summed E-state index contributed by atoms with van der Waals surface area (Å²) >= 11 is 3.38. The predicted octanol–water partition coefficient (Wildman–Crippen LogP) is 2.71. The third-order valence-corrected chi connectivity index (χ3v) is 3.10. The topological polar surface area (TPSA) is 23.6 Å². The number of hydrogen-bond acceptors (Lipinski definition) is 1. The molecule has 4 heteroatoms. The van der Waals surface area contributed by atoms with E-state index in [1.54, 1.807) is 4.90 Å². The number of halogens is 1. The first-order chi connectivity index (χ1) is 7.18. The van der Waals surface area contributed by atoms with Gasteiger partial charge in [-0.25, -0.2) is 4.79 Å².